The SMILES string of the molecule is Cc1cc(Cl)ccc1OCC(=O)N[C@@H](c1cccs1)C(C)C. The van der Waals surface area contributed by atoms with Crippen molar-refractivity contribution in [2.24, 2.45) is 5.92 Å². The predicted molar refractivity (Wildman–Crippen MR) is 91.7 cm³/mol. The highest BCUT2D eigenvalue weighted by Gasteiger charge is 2.19. The van der Waals surface area contributed by atoms with Gasteiger partial charge in [-0.05, 0) is 48.1 Å². The molecule has 2 aromatic rings. The zero-order valence-corrected chi connectivity index (χ0v) is 14.5. The van der Waals surface area contributed by atoms with E-state index in [0.29, 0.717) is 16.7 Å². The van der Waals surface area contributed by atoms with E-state index in [-0.39, 0.29) is 18.6 Å². The summed E-state index contributed by atoms with van der Waals surface area (Å²) in [6, 6.07) is 9.41. The average molecular weight is 338 g/mol. The number of aryl methyl sites for hydroxylation is 1. The lowest BCUT2D eigenvalue weighted by molar-refractivity contribution is -0.124. The molecule has 1 aromatic heterocycles. The maximum Gasteiger partial charge on any atom is 0.258 e. The van der Waals surface area contributed by atoms with Gasteiger partial charge in [0.1, 0.15) is 5.75 Å². The first-order chi connectivity index (χ1) is 10.5. The van der Waals surface area contributed by atoms with Gasteiger partial charge in [-0.3, -0.25) is 4.79 Å². The summed E-state index contributed by atoms with van der Waals surface area (Å²) in [4.78, 5) is 13.3. The van der Waals surface area contributed by atoms with Crippen molar-refractivity contribution in [1.29, 1.82) is 0 Å². The number of nitrogens with one attached hydrogen (secondary N) is 1. The Bertz CT molecular complexity index is 626. The molecule has 0 saturated carbocycles. The van der Waals surface area contributed by atoms with E-state index in [0.717, 1.165) is 10.4 Å². The van der Waals surface area contributed by atoms with Crippen LogP contribution in [-0.4, -0.2) is 12.5 Å². The third-order valence-electron chi connectivity index (χ3n) is 3.33. The first-order valence-electron chi connectivity index (χ1n) is 7.19. The first kappa shape index (κ1) is 16.8. The van der Waals surface area contributed by atoms with Gasteiger partial charge in [-0.15, -0.1) is 11.3 Å². The molecule has 0 aliphatic rings. The first-order valence-corrected chi connectivity index (χ1v) is 8.45. The van der Waals surface area contributed by atoms with Crippen molar-refractivity contribution in [3.05, 3.63) is 51.2 Å². The van der Waals surface area contributed by atoms with Crippen LogP contribution in [0.2, 0.25) is 5.02 Å². The van der Waals surface area contributed by atoms with Crippen LogP contribution in [0.3, 0.4) is 0 Å². The molecular weight excluding hydrogens is 318 g/mol. The number of carbonyl (C=O) groups excluding carboxylic acids is 1. The molecule has 0 spiro atoms. The summed E-state index contributed by atoms with van der Waals surface area (Å²) < 4.78 is 5.58. The molecule has 0 aliphatic heterocycles. The van der Waals surface area contributed by atoms with Crippen molar-refractivity contribution in [2.75, 3.05) is 6.61 Å². The lowest BCUT2D eigenvalue weighted by atomic mass is 10.0. The van der Waals surface area contributed by atoms with Gasteiger partial charge in [0.2, 0.25) is 0 Å². The van der Waals surface area contributed by atoms with E-state index in [1.807, 2.05) is 30.5 Å². The van der Waals surface area contributed by atoms with Gasteiger partial charge in [0, 0.05) is 9.90 Å². The fourth-order valence-corrected chi connectivity index (χ4v) is 3.34. The number of rotatable bonds is 6. The monoisotopic (exact) mass is 337 g/mol. The molecule has 1 aromatic carbocycles. The van der Waals surface area contributed by atoms with Gasteiger partial charge < -0.3 is 10.1 Å². The van der Waals surface area contributed by atoms with Crippen molar-refractivity contribution in [3.8, 4) is 5.75 Å². The van der Waals surface area contributed by atoms with E-state index in [9.17, 15) is 4.79 Å². The van der Waals surface area contributed by atoms with Gasteiger partial charge in [-0.2, -0.15) is 0 Å². The van der Waals surface area contributed by atoms with Crippen LogP contribution in [-0.2, 0) is 4.79 Å². The Labute approximate surface area is 140 Å². The summed E-state index contributed by atoms with van der Waals surface area (Å²) in [5.41, 5.74) is 0.916. The number of amides is 1. The van der Waals surface area contributed by atoms with Gasteiger partial charge in [0.05, 0.1) is 6.04 Å². The maximum absolute atomic E-state index is 12.1. The van der Waals surface area contributed by atoms with Crippen molar-refractivity contribution >= 4 is 28.8 Å². The van der Waals surface area contributed by atoms with Crippen LogP contribution in [0.15, 0.2) is 35.7 Å². The Kier molecular flexibility index (Phi) is 5.86. The minimum atomic E-state index is -0.124. The largest absolute Gasteiger partial charge is 0.484 e. The predicted octanol–water partition coefficient (Wildman–Crippen LogP) is 4.60. The molecule has 0 unspecified atom stereocenters. The summed E-state index contributed by atoms with van der Waals surface area (Å²) in [6.07, 6.45) is 0. The topological polar surface area (TPSA) is 38.3 Å². The van der Waals surface area contributed by atoms with E-state index in [1.54, 1.807) is 23.5 Å². The molecule has 0 saturated heterocycles. The van der Waals surface area contributed by atoms with Crippen LogP contribution >= 0.6 is 22.9 Å². The lowest BCUT2D eigenvalue weighted by Gasteiger charge is -2.21. The molecule has 0 fully saturated rings. The van der Waals surface area contributed by atoms with Gasteiger partial charge in [-0.1, -0.05) is 31.5 Å². The van der Waals surface area contributed by atoms with Gasteiger partial charge in [0.25, 0.3) is 5.91 Å². The summed E-state index contributed by atoms with van der Waals surface area (Å²) in [7, 11) is 0. The molecule has 1 N–H and O–H groups in total. The quantitative estimate of drug-likeness (QED) is 0.836. The van der Waals surface area contributed by atoms with E-state index < -0.39 is 0 Å². The van der Waals surface area contributed by atoms with Crippen LogP contribution in [0.25, 0.3) is 0 Å². The fraction of sp³-hybridized carbons (Fsp3) is 0.353. The highest BCUT2D eigenvalue weighted by Crippen LogP contribution is 2.26. The molecule has 5 heteroatoms. The molecule has 0 radical (unpaired) electrons. The molecule has 0 aliphatic carbocycles. The summed E-state index contributed by atoms with van der Waals surface area (Å²) >= 11 is 7.56. The van der Waals surface area contributed by atoms with Gasteiger partial charge in [0.15, 0.2) is 6.61 Å². The molecular formula is C17H20ClNO2S. The smallest absolute Gasteiger partial charge is 0.258 e. The minimum absolute atomic E-state index is 0.00291. The van der Waals surface area contributed by atoms with Crippen molar-refractivity contribution in [3.63, 3.8) is 0 Å². The highest BCUT2D eigenvalue weighted by molar-refractivity contribution is 7.10. The Morgan fingerprint density at radius 3 is 2.73 bits per heavy atom. The molecule has 0 bridgehead atoms. The third kappa shape index (κ3) is 4.49. The Hall–Kier alpha value is -1.52. The van der Waals surface area contributed by atoms with Crippen molar-refractivity contribution in [2.45, 2.75) is 26.8 Å². The summed E-state index contributed by atoms with van der Waals surface area (Å²) in [5.74, 6) is 0.873. The number of ether oxygens (including phenoxy) is 1. The number of hydrogen-bond acceptors (Lipinski definition) is 3. The molecule has 3 nitrogen and oxygen atoms in total. The molecule has 2 rings (SSSR count). The number of thiophene rings is 1. The standard InChI is InChI=1S/C17H20ClNO2S/c1-11(2)17(15-5-4-8-22-15)19-16(20)10-21-14-7-6-13(18)9-12(14)3/h4-9,11,17H,10H2,1-3H3,(H,19,20)/t17-/m1/s1. The van der Waals surface area contributed by atoms with Crippen LogP contribution in [0.4, 0.5) is 0 Å². The molecule has 1 atom stereocenters. The summed E-state index contributed by atoms with van der Waals surface area (Å²) in [5, 5.41) is 5.72. The molecule has 1 amide bonds. The maximum atomic E-state index is 12.1. The van der Waals surface area contributed by atoms with Gasteiger partial charge >= 0.3 is 0 Å². The molecule has 22 heavy (non-hydrogen) atoms. The lowest BCUT2D eigenvalue weighted by Crippen LogP contribution is -2.34. The van der Waals surface area contributed by atoms with E-state index >= 15 is 0 Å². The number of hydrogen-bond donors (Lipinski definition) is 1. The average Bonchev–Trinajstić information content (AvgIpc) is 2.97. The Balaban J connectivity index is 1.94. The third-order valence-corrected chi connectivity index (χ3v) is 4.52. The highest BCUT2D eigenvalue weighted by atomic mass is 35.5. The van der Waals surface area contributed by atoms with Crippen LogP contribution in [0, 0.1) is 12.8 Å². The Morgan fingerprint density at radius 1 is 1.36 bits per heavy atom. The van der Waals surface area contributed by atoms with E-state index in [1.165, 1.54) is 0 Å². The van der Waals surface area contributed by atoms with Crippen molar-refractivity contribution in [1.82, 2.24) is 5.32 Å². The normalized spacial score (nSPS) is 12.2. The number of benzene rings is 1. The number of halogens is 1. The minimum Gasteiger partial charge on any atom is -0.484 e. The van der Waals surface area contributed by atoms with Crippen LogP contribution in [0.5, 0.6) is 5.75 Å². The summed E-state index contributed by atoms with van der Waals surface area (Å²) in [6.45, 7) is 6.09. The fourth-order valence-electron chi connectivity index (χ4n) is 2.17. The second-order valence-electron chi connectivity index (χ2n) is 5.50. The van der Waals surface area contributed by atoms with E-state index in [4.69, 9.17) is 16.3 Å². The molecule has 118 valence electrons. The van der Waals surface area contributed by atoms with Gasteiger partial charge in [-0.25, -0.2) is 0 Å². The zero-order chi connectivity index (χ0) is 16.1. The second kappa shape index (κ2) is 7.65. The molecule has 1 heterocycles. The van der Waals surface area contributed by atoms with Crippen LogP contribution in [0.1, 0.15) is 30.3 Å². The van der Waals surface area contributed by atoms with E-state index in [2.05, 4.69) is 19.2 Å². The zero-order valence-electron chi connectivity index (χ0n) is 12.9. The second-order valence-corrected chi connectivity index (χ2v) is 6.92. The Morgan fingerprint density at radius 2 is 2.14 bits per heavy atom. The van der Waals surface area contributed by atoms with Crippen molar-refractivity contribution < 1.29 is 9.53 Å². The van der Waals surface area contributed by atoms with Crippen LogP contribution < -0.4 is 10.1 Å². The number of carbonyl (C=O) groups is 1.